The van der Waals surface area contributed by atoms with Crippen molar-refractivity contribution >= 4 is 34.2 Å². The van der Waals surface area contributed by atoms with Crippen LogP contribution in [0.25, 0.3) is 0 Å². The molecule has 2 aliphatic rings. The van der Waals surface area contributed by atoms with E-state index in [0.29, 0.717) is 16.5 Å². The number of hydrogen-bond donors (Lipinski definition) is 2. The van der Waals surface area contributed by atoms with Gasteiger partial charge in [-0.1, -0.05) is 23.9 Å². The normalized spacial score (nSPS) is 23.2. The van der Waals surface area contributed by atoms with Crippen LogP contribution in [0.5, 0.6) is 0 Å². The van der Waals surface area contributed by atoms with E-state index in [4.69, 9.17) is 5.73 Å². The number of nitrogens with two attached hydrogens (primary N) is 1. The van der Waals surface area contributed by atoms with Crippen molar-refractivity contribution in [3.05, 3.63) is 48.1 Å². The Hall–Kier alpha value is -2.48. The van der Waals surface area contributed by atoms with Crippen molar-refractivity contribution in [3.8, 4) is 0 Å². The molecule has 1 atom stereocenters. The highest BCUT2D eigenvalue weighted by Crippen LogP contribution is 2.34. The molecule has 0 aliphatic carbocycles. The fraction of sp³-hybridized carbons (Fsp3) is 0.294. The summed E-state index contributed by atoms with van der Waals surface area (Å²) >= 11 is 1.51. The van der Waals surface area contributed by atoms with E-state index < -0.39 is 17.3 Å². The van der Waals surface area contributed by atoms with Gasteiger partial charge < -0.3 is 11.1 Å². The standard InChI is InChI=1S/C17H18FN5OS/c1-17(6-9-25-16(19)23-17)13-10-11(5-8-20-13)22-15(24)14-12(18)4-2-3-7-21-14/h2-5,8,10H,6-7,9H2,1H3,(H2,19,23)(H,20,22,24)/t17-/m0/s1. The molecule has 3 rings (SSSR count). The Bertz CT molecular complexity index is 817. The minimum absolute atomic E-state index is 0.217. The smallest absolute Gasteiger partial charge is 0.276 e. The fourth-order valence-electron chi connectivity index (χ4n) is 2.56. The highest BCUT2D eigenvalue weighted by Gasteiger charge is 2.31. The molecule has 3 N–H and O–H groups in total. The van der Waals surface area contributed by atoms with Crippen LogP contribution >= 0.6 is 11.8 Å². The first-order chi connectivity index (χ1) is 12.0. The number of aliphatic imine (C=N–C) groups is 2. The Morgan fingerprint density at radius 1 is 1.48 bits per heavy atom. The summed E-state index contributed by atoms with van der Waals surface area (Å²) < 4.78 is 13.9. The quantitative estimate of drug-likeness (QED) is 0.867. The molecule has 0 fully saturated rings. The average Bonchev–Trinajstić information content (AvgIpc) is 2.79. The lowest BCUT2D eigenvalue weighted by Gasteiger charge is -2.28. The molecule has 6 nitrogen and oxygen atoms in total. The molecule has 8 heteroatoms. The van der Waals surface area contributed by atoms with Crippen molar-refractivity contribution < 1.29 is 9.18 Å². The van der Waals surface area contributed by atoms with E-state index in [9.17, 15) is 9.18 Å². The zero-order valence-electron chi connectivity index (χ0n) is 13.7. The van der Waals surface area contributed by atoms with E-state index in [0.717, 1.165) is 12.2 Å². The molecule has 0 unspecified atom stereocenters. The van der Waals surface area contributed by atoms with Crippen LogP contribution in [-0.2, 0) is 10.3 Å². The molecule has 0 spiro atoms. The number of rotatable bonds is 3. The Kier molecular flexibility index (Phi) is 4.98. The number of carbonyl (C=O) groups excluding carboxylic acids is 1. The van der Waals surface area contributed by atoms with Crippen molar-refractivity contribution in [1.82, 2.24) is 4.98 Å². The van der Waals surface area contributed by atoms with Gasteiger partial charge in [0.1, 0.15) is 5.54 Å². The number of carbonyl (C=O) groups is 1. The second-order valence-electron chi connectivity index (χ2n) is 5.84. The molecule has 0 saturated heterocycles. The van der Waals surface area contributed by atoms with E-state index in [-0.39, 0.29) is 12.3 Å². The van der Waals surface area contributed by atoms with Gasteiger partial charge in [0.25, 0.3) is 5.91 Å². The Balaban J connectivity index is 1.82. The van der Waals surface area contributed by atoms with E-state index in [1.807, 2.05) is 6.92 Å². The number of hydrogen-bond acceptors (Lipinski definition) is 6. The second-order valence-corrected chi connectivity index (χ2v) is 6.95. The van der Waals surface area contributed by atoms with Crippen LogP contribution in [0.2, 0.25) is 0 Å². The number of amidine groups is 1. The molecule has 2 aliphatic heterocycles. The first kappa shape index (κ1) is 17.3. The van der Waals surface area contributed by atoms with E-state index in [2.05, 4.69) is 20.3 Å². The Labute approximate surface area is 149 Å². The van der Waals surface area contributed by atoms with Crippen molar-refractivity contribution in [3.63, 3.8) is 0 Å². The molecule has 0 bridgehead atoms. The van der Waals surface area contributed by atoms with Crippen LogP contribution in [0.4, 0.5) is 10.1 Å². The molecule has 0 saturated carbocycles. The van der Waals surface area contributed by atoms with Gasteiger partial charge in [0, 0.05) is 17.6 Å². The minimum Gasteiger partial charge on any atom is -0.379 e. The van der Waals surface area contributed by atoms with Crippen LogP contribution < -0.4 is 11.1 Å². The van der Waals surface area contributed by atoms with Crippen LogP contribution in [-0.4, -0.2) is 34.1 Å². The number of halogens is 1. The Morgan fingerprint density at radius 3 is 3.12 bits per heavy atom. The molecule has 25 heavy (non-hydrogen) atoms. The van der Waals surface area contributed by atoms with Crippen LogP contribution in [0.1, 0.15) is 19.0 Å². The van der Waals surface area contributed by atoms with E-state index in [1.54, 1.807) is 24.4 Å². The number of nitrogens with zero attached hydrogens (tertiary/aromatic N) is 3. The third kappa shape index (κ3) is 3.96. The van der Waals surface area contributed by atoms with Crippen molar-refractivity contribution in [1.29, 1.82) is 0 Å². The van der Waals surface area contributed by atoms with Crippen molar-refractivity contribution in [2.24, 2.45) is 15.7 Å². The molecule has 0 radical (unpaired) electrons. The maximum absolute atomic E-state index is 13.9. The third-order valence-corrected chi connectivity index (χ3v) is 4.74. The van der Waals surface area contributed by atoms with Gasteiger partial charge in [-0.05, 0) is 31.6 Å². The molecular formula is C17H18FN5OS. The zero-order chi connectivity index (χ0) is 17.9. The molecule has 1 aromatic heterocycles. The number of anilines is 1. The number of amides is 1. The minimum atomic E-state index is -0.658. The monoisotopic (exact) mass is 359 g/mol. The number of aromatic nitrogens is 1. The number of thioether (sulfide) groups is 1. The van der Waals surface area contributed by atoms with E-state index in [1.165, 1.54) is 23.9 Å². The average molecular weight is 359 g/mol. The maximum atomic E-state index is 13.9. The molecular weight excluding hydrogens is 341 g/mol. The maximum Gasteiger partial charge on any atom is 0.276 e. The first-order valence-corrected chi connectivity index (χ1v) is 8.80. The largest absolute Gasteiger partial charge is 0.379 e. The summed E-state index contributed by atoms with van der Waals surface area (Å²) in [5.41, 5.74) is 6.30. The van der Waals surface area contributed by atoms with Crippen molar-refractivity contribution in [2.45, 2.75) is 18.9 Å². The molecule has 1 aromatic rings. The van der Waals surface area contributed by atoms with Crippen molar-refractivity contribution in [2.75, 3.05) is 17.6 Å². The molecule has 130 valence electrons. The summed E-state index contributed by atoms with van der Waals surface area (Å²) in [6, 6.07) is 3.38. The molecule has 3 heterocycles. The fourth-order valence-corrected chi connectivity index (χ4v) is 3.53. The van der Waals surface area contributed by atoms with Crippen LogP contribution in [0.15, 0.2) is 52.4 Å². The predicted octanol–water partition coefficient (Wildman–Crippen LogP) is 2.55. The number of nitrogens with one attached hydrogen (secondary N) is 1. The van der Waals surface area contributed by atoms with Gasteiger partial charge in [0.2, 0.25) is 0 Å². The summed E-state index contributed by atoms with van der Waals surface area (Å²) in [5, 5.41) is 3.20. The highest BCUT2D eigenvalue weighted by atomic mass is 32.2. The van der Waals surface area contributed by atoms with Gasteiger partial charge in [-0.3, -0.25) is 14.8 Å². The Morgan fingerprint density at radius 2 is 2.32 bits per heavy atom. The lowest BCUT2D eigenvalue weighted by Crippen LogP contribution is -2.30. The molecule has 0 aromatic carbocycles. The summed E-state index contributed by atoms with van der Waals surface area (Å²) in [6.45, 7) is 2.22. The van der Waals surface area contributed by atoms with Gasteiger partial charge in [0.15, 0.2) is 16.7 Å². The van der Waals surface area contributed by atoms with Crippen LogP contribution in [0.3, 0.4) is 0 Å². The van der Waals surface area contributed by atoms with Gasteiger partial charge in [-0.15, -0.1) is 0 Å². The number of pyridine rings is 1. The van der Waals surface area contributed by atoms with Gasteiger partial charge >= 0.3 is 0 Å². The van der Waals surface area contributed by atoms with Gasteiger partial charge in [-0.25, -0.2) is 9.38 Å². The number of allylic oxidation sites excluding steroid dienone is 2. The highest BCUT2D eigenvalue weighted by molar-refractivity contribution is 8.13. The summed E-state index contributed by atoms with van der Waals surface area (Å²) in [5.74, 6) is -0.402. The van der Waals surface area contributed by atoms with Crippen LogP contribution in [0, 0.1) is 0 Å². The lowest BCUT2D eigenvalue weighted by molar-refractivity contribution is -0.110. The zero-order valence-corrected chi connectivity index (χ0v) is 14.5. The topological polar surface area (TPSA) is 92.7 Å². The SMILES string of the molecule is C[C@@]1(c2cc(NC(=O)C3=NCC=CC=C3F)ccn2)CCSC(N)=N1. The lowest BCUT2D eigenvalue weighted by atomic mass is 9.94. The first-order valence-electron chi connectivity index (χ1n) is 7.81. The molecule has 1 amide bonds. The van der Waals surface area contributed by atoms with Gasteiger partial charge in [-0.2, -0.15) is 0 Å². The summed E-state index contributed by atoms with van der Waals surface area (Å²) in [4.78, 5) is 25.2. The predicted molar refractivity (Wildman–Crippen MR) is 99.5 cm³/mol. The summed E-state index contributed by atoms with van der Waals surface area (Å²) in [6.07, 6.45) is 6.81. The third-order valence-electron chi connectivity index (χ3n) is 3.94. The van der Waals surface area contributed by atoms with Gasteiger partial charge in [0.05, 0.1) is 12.2 Å². The van der Waals surface area contributed by atoms with E-state index >= 15 is 0 Å². The summed E-state index contributed by atoms with van der Waals surface area (Å²) in [7, 11) is 0. The second kappa shape index (κ2) is 7.18.